The van der Waals surface area contributed by atoms with Crippen molar-refractivity contribution in [2.45, 2.75) is 12.5 Å². The van der Waals surface area contributed by atoms with Gasteiger partial charge in [-0.05, 0) is 48.9 Å². The lowest BCUT2D eigenvalue weighted by Gasteiger charge is -2.28. The highest BCUT2D eigenvalue weighted by Crippen LogP contribution is 2.29. The lowest BCUT2D eigenvalue weighted by atomic mass is 10.1. The number of hydrogen-bond donors (Lipinski definition) is 1. The van der Waals surface area contributed by atoms with Gasteiger partial charge in [-0.1, -0.05) is 33.6 Å². The fourth-order valence-corrected chi connectivity index (χ4v) is 3.27. The van der Waals surface area contributed by atoms with Crippen LogP contribution in [0.5, 0.6) is 0 Å². The van der Waals surface area contributed by atoms with E-state index in [1.54, 1.807) is 0 Å². The second-order valence-electron chi connectivity index (χ2n) is 5.00. The van der Waals surface area contributed by atoms with Crippen molar-refractivity contribution in [3.63, 3.8) is 0 Å². The minimum absolute atomic E-state index is 0.165. The Balaban J connectivity index is 2.06. The van der Waals surface area contributed by atoms with Gasteiger partial charge in [0.1, 0.15) is 0 Å². The molecule has 0 aliphatic rings. The first kappa shape index (κ1) is 16.4. The molecule has 2 rings (SSSR count). The van der Waals surface area contributed by atoms with Crippen molar-refractivity contribution in [2.24, 2.45) is 5.73 Å². The van der Waals surface area contributed by atoms with Crippen molar-refractivity contribution in [1.29, 1.82) is 0 Å². The van der Waals surface area contributed by atoms with Gasteiger partial charge in [0.15, 0.2) is 0 Å². The van der Waals surface area contributed by atoms with Crippen molar-refractivity contribution in [2.75, 3.05) is 20.1 Å². The van der Waals surface area contributed by atoms with E-state index in [1.165, 1.54) is 11.1 Å². The molecule has 1 atom stereocenters. The highest BCUT2D eigenvalue weighted by Gasteiger charge is 2.18. The molecule has 0 radical (unpaired) electrons. The van der Waals surface area contributed by atoms with Crippen LogP contribution in [0.2, 0.25) is 5.02 Å². The van der Waals surface area contributed by atoms with E-state index < -0.39 is 0 Å². The second-order valence-corrected chi connectivity index (χ2v) is 6.29. The summed E-state index contributed by atoms with van der Waals surface area (Å²) in [7, 11) is 2.10. The average Bonchev–Trinajstić information content (AvgIpc) is 2.49. The molecule has 0 bridgehead atoms. The fraction of sp³-hybridized carbons (Fsp3) is 0.312. The summed E-state index contributed by atoms with van der Waals surface area (Å²) in [6.07, 6.45) is 4.62. The van der Waals surface area contributed by atoms with Crippen LogP contribution in [0.15, 0.2) is 47.2 Å². The maximum atomic E-state index is 6.00. The molecule has 0 saturated carbocycles. The van der Waals surface area contributed by atoms with Gasteiger partial charge in [-0.3, -0.25) is 9.88 Å². The zero-order valence-corrected chi connectivity index (χ0v) is 14.3. The van der Waals surface area contributed by atoms with Crippen LogP contribution in [0.3, 0.4) is 0 Å². The topological polar surface area (TPSA) is 42.2 Å². The fourth-order valence-electron chi connectivity index (χ4n) is 2.33. The summed E-state index contributed by atoms with van der Waals surface area (Å²) in [6, 6.07) is 10.1. The molecule has 0 aliphatic heterocycles. The van der Waals surface area contributed by atoms with Gasteiger partial charge in [0.2, 0.25) is 0 Å². The molecular formula is C16H19BrClN3. The summed E-state index contributed by atoms with van der Waals surface area (Å²) < 4.78 is 1.00. The Kier molecular flexibility index (Phi) is 6.18. The average molecular weight is 369 g/mol. The van der Waals surface area contributed by atoms with Crippen LogP contribution < -0.4 is 5.73 Å². The Morgan fingerprint density at radius 2 is 2.00 bits per heavy atom. The Morgan fingerprint density at radius 1 is 1.29 bits per heavy atom. The predicted molar refractivity (Wildman–Crippen MR) is 91.5 cm³/mol. The number of hydrogen-bond acceptors (Lipinski definition) is 3. The van der Waals surface area contributed by atoms with Crippen LogP contribution in [0, 0.1) is 0 Å². The van der Waals surface area contributed by atoms with E-state index in [2.05, 4.69) is 32.9 Å². The van der Waals surface area contributed by atoms with E-state index in [9.17, 15) is 0 Å². The first-order valence-electron chi connectivity index (χ1n) is 6.86. The Hall–Kier alpha value is -0.940. The van der Waals surface area contributed by atoms with Gasteiger partial charge in [0.25, 0.3) is 0 Å². The summed E-state index contributed by atoms with van der Waals surface area (Å²) >= 11 is 9.58. The van der Waals surface area contributed by atoms with Crippen LogP contribution in [0.4, 0.5) is 0 Å². The van der Waals surface area contributed by atoms with Crippen molar-refractivity contribution >= 4 is 27.5 Å². The van der Waals surface area contributed by atoms with Crippen molar-refractivity contribution in [1.82, 2.24) is 9.88 Å². The summed E-state index contributed by atoms with van der Waals surface area (Å²) in [4.78, 5) is 6.31. The molecule has 21 heavy (non-hydrogen) atoms. The first-order chi connectivity index (χ1) is 10.1. The molecule has 0 fully saturated rings. The highest BCUT2D eigenvalue weighted by atomic mass is 79.9. The van der Waals surface area contributed by atoms with Crippen LogP contribution >= 0.6 is 27.5 Å². The summed E-state index contributed by atoms with van der Waals surface area (Å²) in [5, 5.41) is 0.723. The summed E-state index contributed by atoms with van der Waals surface area (Å²) in [6.45, 7) is 1.49. The molecule has 112 valence electrons. The molecule has 0 amide bonds. The third-order valence-corrected chi connectivity index (χ3v) is 4.50. The van der Waals surface area contributed by atoms with Crippen molar-refractivity contribution < 1.29 is 0 Å². The normalized spacial score (nSPS) is 12.6. The standard InChI is InChI=1S/C16H19BrClN3/c1-21(9-6-12-4-7-20-8-5-12)16(11-19)14-3-2-13(18)10-15(14)17/h2-5,7-8,10,16H,6,9,11,19H2,1H3. The van der Waals surface area contributed by atoms with Gasteiger partial charge >= 0.3 is 0 Å². The minimum Gasteiger partial charge on any atom is -0.329 e. The van der Waals surface area contributed by atoms with E-state index in [4.69, 9.17) is 17.3 Å². The summed E-state index contributed by atoms with van der Waals surface area (Å²) in [5.41, 5.74) is 8.42. The Labute approximate surface area is 139 Å². The largest absolute Gasteiger partial charge is 0.329 e. The quantitative estimate of drug-likeness (QED) is 0.846. The molecule has 5 heteroatoms. The molecule has 1 unspecified atom stereocenters. The van der Waals surface area contributed by atoms with Gasteiger partial charge in [-0.2, -0.15) is 0 Å². The number of nitrogens with two attached hydrogens (primary N) is 1. The number of rotatable bonds is 6. The SMILES string of the molecule is CN(CCc1ccncc1)C(CN)c1ccc(Cl)cc1Br. The smallest absolute Gasteiger partial charge is 0.0478 e. The molecule has 1 aromatic heterocycles. The Morgan fingerprint density at radius 3 is 2.62 bits per heavy atom. The molecule has 1 aromatic carbocycles. The molecule has 3 nitrogen and oxygen atoms in total. The molecule has 0 saturated heterocycles. The maximum absolute atomic E-state index is 6.00. The monoisotopic (exact) mass is 367 g/mol. The number of likely N-dealkylation sites (N-methyl/N-ethyl adjacent to an activating group) is 1. The minimum atomic E-state index is 0.165. The van der Waals surface area contributed by atoms with Crippen LogP contribution in [0.1, 0.15) is 17.2 Å². The van der Waals surface area contributed by atoms with Crippen LogP contribution in [-0.2, 0) is 6.42 Å². The molecule has 0 spiro atoms. The number of aromatic nitrogens is 1. The second kappa shape index (κ2) is 7.90. The number of benzene rings is 1. The number of pyridine rings is 1. The molecular weight excluding hydrogens is 350 g/mol. The maximum Gasteiger partial charge on any atom is 0.0478 e. The Bertz CT molecular complexity index is 577. The molecule has 0 aliphatic carbocycles. The van der Waals surface area contributed by atoms with Crippen molar-refractivity contribution in [3.8, 4) is 0 Å². The number of halogens is 2. The zero-order chi connectivity index (χ0) is 15.2. The predicted octanol–water partition coefficient (Wildman–Crippen LogP) is 3.67. The van der Waals surface area contributed by atoms with E-state index in [0.717, 1.165) is 22.5 Å². The van der Waals surface area contributed by atoms with Gasteiger partial charge in [-0.15, -0.1) is 0 Å². The van der Waals surface area contributed by atoms with Crippen LogP contribution in [-0.4, -0.2) is 30.0 Å². The van der Waals surface area contributed by atoms with Gasteiger partial charge in [-0.25, -0.2) is 0 Å². The summed E-state index contributed by atoms with van der Waals surface area (Å²) in [5.74, 6) is 0. The molecule has 2 N–H and O–H groups in total. The number of nitrogens with zero attached hydrogens (tertiary/aromatic N) is 2. The van der Waals surface area contributed by atoms with E-state index in [1.807, 2.05) is 42.7 Å². The third kappa shape index (κ3) is 4.51. The third-order valence-electron chi connectivity index (χ3n) is 3.58. The van der Waals surface area contributed by atoms with Crippen LogP contribution in [0.25, 0.3) is 0 Å². The van der Waals surface area contributed by atoms with Gasteiger partial charge in [0.05, 0.1) is 0 Å². The van der Waals surface area contributed by atoms with Crippen molar-refractivity contribution in [3.05, 3.63) is 63.3 Å². The van der Waals surface area contributed by atoms with Gasteiger partial charge in [0, 0.05) is 41.0 Å². The lowest BCUT2D eigenvalue weighted by molar-refractivity contribution is 0.252. The first-order valence-corrected chi connectivity index (χ1v) is 8.03. The molecule has 2 aromatic rings. The van der Waals surface area contributed by atoms with E-state index >= 15 is 0 Å². The van der Waals surface area contributed by atoms with Gasteiger partial charge < -0.3 is 5.73 Å². The van der Waals surface area contributed by atoms with E-state index in [-0.39, 0.29) is 6.04 Å². The lowest BCUT2D eigenvalue weighted by Crippen LogP contribution is -2.32. The zero-order valence-electron chi connectivity index (χ0n) is 12.0. The highest BCUT2D eigenvalue weighted by molar-refractivity contribution is 9.10. The molecule has 1 heterocycles. The van der Waals surface area contributed by atoms with E-state index in [0.29, 0.717) is 6.54 Å².